The summed E-state index contributed by atoms with van der Waals surface area (Å²) in [5.41, 5.74) is -0.888. The zero-order valence-electron chi connectivity index (χ0n) is 12.1. The Balaban J connectivity index is 3.01. The Bertz CT molecular complexity index is 390. The maximum absolute atomic E-state index is 12.0. The van der Waals surface area contributed by atoms with Crippen molar-refractivity contribution in [1.29, 1.82) is 0 Å². The van der Waals surface area contributed by atoms with Gasteiger partial charge in [0.15, 0.2) is 0 Å². The molecular weight excluding hydrogens is 250 g/mol. The number of hydrogen-bond acceptors (Lipinski definition) is 5. The number of nitrogens with zero attached hydrogens (tertiary/aromatic N) is 1. The molecule has 0 aromatic heterocycles. The molecule has 1 rings (SSSR count). The number of esters is 2. The molecule has 0 saturated carbocycles. The second-order valence-electron chi connectivity index (χ2n) is 5.27. The molecule has 6 heteroatoms. The van der Waals surface area contributed by atoms with Gasteiger partial charge in [-0.3, -0.25) is 9.59 Å². The molecule has 1 saturated heterocycles. The molecule has 0 radical (unpaired) electrons. The van der Waals surface area contributed by atoms with Crippen molar-refractivity contribution in [3.8, 4) is 0 Å². The number of ether oxygens (including phenoxy) is 2. The van der Waals surface area contributed by atoms with E-state index in [4.69, 9.17) is 9.47 Å². The zero-order chi connectivity index (χ0) is 14.8. The van der Waals surface area contributed by atoms with Crippen molar-refractivity contribution >= 4 is 17.8 Å². The number of rotatable bonds is 4. The number of likely N-dealkylation sites (tertiary alicyclic amines) is 1. The molecular formula is C13H21NO5. The third-order valence-electron chi connectivity index (χ3n) is 3.90. The van der Waals surface area contributed by atoms with Crippen molar-refractivity contribution in [2.75, 3.05) is 14.2 Å². The number of carbonyl (C=O) groups is 3. The van der Waals surface area contributed by atoms with Gasteiger partial charge in [-0.05, 0) is 27.2 Å². The third kappa shape index (κ3) is 2.72. The van der Waals surface area contributed by atoms with E-state index >= 15 is 0 Å². The van der Waals surface area contributed by atoms with Gasteiger partial charge in [-0.2, -0.15) is 0 Å². The lowest BCUT2D eigenvalue weighted by atomic mass is 9.84. The molecule has 0 aromatic carbocycles. The normalized spacial score (nSPS) is 21.2. The predicted octanol–water partition coefficient (Wildman–Crippen LogP) is 0.738. The van der Waals surface area contributed by atoms with Gasteiger partial charge in [0.25, 0.3) is 0 Å². The van der Waals surface area contributed by atoms with Crippen molar-refractivity contribution in [3.63, 3.8) is 0 Å². The quantitative estimate of drug-likeness (QED) is 0.705. The molecule has 1 amide bonds. The van der Waals surface area contributed by atoms with E-state index < -0.39 is 29.4 Å². The topological polar surface area (TPSA) is 72.9 Å². The molecule has 108 valence electrons. The van der Waals surface area contributed by atoms with Gasteiger partial charge in [0.2, 0.25) is 5.91 Å². The van der Waals surface area contributed by atoms with Crippen molar-refractivity contribution in [1.82, 2.24) is 4.90 Å². The summed E-state index contributed by atoms with van der Waals surface area (Å²) >= 11 is 0. The highest BCUT2D eigenvalue weighted by molar-refractivity contribution is 5.89. The van der Waals surface area contributed by atoms with Crippen molar-refractivity contribution in [2.24, 2.45) is 5.41 Å². The molecule has 0 spiro atoms. The Morgan fingerprint density at radius 2 is 1.89 bits per heavy atom. The maximum atomic E-state index is 12.0. The number of hydrogen-bond donors (Lipinski definition) is 0. The second-order valence-corrected chi connectivity index (χ2v) is 5.27. The van der Waals surface area contributed by atoms with Crippen LogP contribution in [-0.2, 0) is 23.9 Å². The van der Waals surface area contributed by atoms with E-state index in [1.165, 1.54) is 19.1 Å². The molecule has 0 bridgehead atoms. The summed E-state index contributed by atoms with van der Waals surface area (Å²) in [7, 11) is 2.60. The Morgan fingerprint density at radius 3 is 2.37 bits per heavy atom. The van der Waals surface area contributed by atoms with Crippen molar-refractivity contribution in [2.45, 2.75) is 45.7 Å². The highest BCUT2D eigenvalue weighted by Gasteiger charge is 2.47. The van der Waals surface area contributed by atoms with Gasteiger partial charge in [0, 0.05) is 12.5 Å². The first-order valence-electron chi connectivity index (χ1n) is 6.24. The minimum atomic E-state index is -0.888. The number of amides is 1. The van der Waals surface area contributed by atoms with Gasteiger partial charge >= 0.3 is 11.9 Å². The Labute approximate surface area is 113 Å². The summed E-state index contributed by atoms with van der Waals surface area (Å²) < 4.78 is 9.47. The van der Waals surface area contributed by atoms with E-state index in [1.54, 1.807) is 20.8 Å². The summed E-state index contributed by atoms with van der Waals surface area (Å²) in [4.78, 5) is 36.9. The van der Waals surface area contributed by atoms with E-state index in [0.29, 0.717) is 12.8 Å². The van der Waals surface area contributed by atoms with Gasteiger partial charge in [0.1, 0.15) is 6.04 Å². The van der Waals surface area contributed by atoms with Crippen LogP contribution in [0.4, 0.5) is 0 Å². The molecule has 0 N–H and O–H groups in total. The first kappa shape index (κ1) is 15.5. The van der Waals surface area contributed by atoms with Gasteiger partial charge in [-0.1, -0.05) is 0 Å². The summed E-state index contributed by atoms with van der Waals surface area (Å²) in [5, 5.41) is 0. The zero-order valence-corrected chi connectivity index (χ0v) is 12.1. The maximum Gasteiger partial charge on any atom is 0.328 e. The molecule has 0 aliphatic carbocycles. The molecule has 6 nitrogen and oxygen atoms in total. The minimum Gasteiger partial charge on any atom is -0.469 e. The van der Waals surface area contributed by atoms with E-state index in [1.807, 2.05) is 0 Å². The van der Waals surface area contributed by atoms with Crippen LogP contribution in [0, 0.1) is 5.41 Å². The Kier molecular flexibility index (Phi) is 4.55. The fraction of sp³-hybridized carbons (Fsp3) is 0.769. The standard InChI is InChI=1S/C13H21NO5/c1-8(13(2,3)12(17)19-5)14-9(11(16)18-4)6-7-10(14)15/h8-9H,6-7H2,1-5H3. The number of methoxy groups -OCH3 is 2. The van der Waals surface area contributed by atoms with Crippen LogP contribution in [0.1, 0.15) is 33.6 Å². The summed E-state index contributed by atoms with van der Waals surface area (Å²) in [6.07, 6.45) is 0.717. The third-order valence-corrected chi connectivity index (χ3v) is 3.90. The molecule has 1 aliphatic rings. The monoisotopic (exact) mass is 271 g/mol. The van der Waals surface area contributed by atoms with Crippen LogP contribution in [0.2, 0.25) is 0 Å². The van der Waals surface area contributed by atoms with Gasteiger partial charge in [-0.25, -0.2) is 4.79 Å². The smallest absolute Gasteiger partial charge is 0.328 e. The largest absolute Gasteiger partial charge is 0.469 e. The predicted molar refractivity (Wildman–Crippen MR) is 67.1 cm³/mol. The molecule has 1 fully saturated rings. The lowest BCUT2D eigenvalue weighted by Crippen LogP contribution is -2.53. The van der Waals surface area contributed by atoms with E-state index in [-0.39, 0.29) is 5.91 Å². The van der Waals surface area contributed by atoms with Crippen molar-refractivity contribution < 1.29 is 23.9 Å². The molecule has 19 heavy (non-hydrogen) atoms. The number of carbonyl (C=O) groups excluding carboxylic acids is 3. The Morgan fingerprint density at radius 1 is 1.32 bits per heavy atom. The summed E-state index contributed by atoms with van der Waals surface area (Å²) in [6.45, 7) is 5.14. The van der Waals surface area contributed by atoms with Gasteiger partial charge < -0.3 is 14.4 Å². The highest BCUT2D eigenvalue weighted by atomic mass is 16.5. The molecule has 2 atom stereocenters. The van der Waals surface area contributed by atoms with E-state index in [0.717, 1.165) is 0 Å². The van der Waals surface area contributed by atoms with Crippen LogP contribution in [0.25, 0.3) is 0 Å². The fourth-order valence-corrected chi connectivity index (χ4v) is 2.34. The van der Waals surface area contributed by atoms with E-state index in [9.17, 15) is 14.4 Å². The Hall–Kier alpha value is -1.59. The van der Waals surface area contributed by atoms with Crippen LogP contribution >= 0.6 is 0 Å². The SMILES string of the molecule is COC(=O)C1CCC(=O)N1C(C)C(C)(C)C(=O)OC. The fourth-order valence-electron chi connectivity index (χ4n) is 2.34. The molecule has 2 unspecified atom stereocenters. The minimum absolute atomic E-state index is 0.139. The average Bonchev–Trinajstić information content (AvgIpc) is 2.77. The first-order chi connectivity index (χ1) is 8.77. The van der Waals surface area contributed by atoms with Gasteiger partial charge in [-0.15, -0.1) is 0 Å². The van der Waals surface area contributed by atoms with Crippen LogP contribution in [0.15, 0.2) is 0 Å². The van der Waals surface area contributed by atoms with E-state index in [2.05, 4.69) is 0 Å². The van der Waals surface area contributed by atoms with Crippen LogP contribution in [0.3, 0.4) is 0 Å². The highest BCUT2D eigenvalue weighted by Crippen LogP contribution is 2.32. The van der Waals surface area contributed by atoms with Crippen LogP contribution < -0.4 is 0 Å². The summed E-state index contributed by atoms with van der Waals surface area (Å²) in [5.74, 6) is -0.999. The average molecular weight is 271 g/mol. The molecule has 1 heterocycles. The van der Waals surface area contributed by atoms with Crippen LogP contribution in [0.5, 0.6) is 0 Å². The van der Waals surface area contributed by atoms with Crippen molar-refractivity contribution in [3.05, 3.63) is 0 Å². The summed E-state index contributed by atoms with van der Waals surface area (Å²) in [6, 6.07) is -1.06. The first-order valence-corrected chi connectivity index (χ1v) is 6.24. The van der Waals surface area contributed by atoms with Gasteiger partial charge in [0.05, 0.1) is 19.6 Å². The van der Waals surface area contributed by atoms with Crippen LogP contribution in [-0.4, -0.2) is 49.0 Å². The lowest BCUT2D eigenvalue weighted by molar-refractivity contribution is -0.161. The second kappa shape index (κ2) is 5.59. The lowest BCUT2D eigenvalue weighted by Gasteiger charge is -2.38. The molecule has 0 aromatic rings. The molecule has 1 aliphatic heterocycles.